The van der Waals surface area contributed by atoms with Crippen molar-refractivity contribution in [3.05, 3.63) is 18.2 Å². The van der Waals surface area contributed by atoms with Crippen LogP contribution in [0.15, 0.2) is 18.2 Å². The van der Waals surface area contributed by atoms with Gasteiger partial charge in [0.25, 0.3) is 0 Å². The molecule has 5 heteroatoms. The smallest absolute Gasteiger partial charge is 0.326 e. The first-order valence-corrected chi connectivity index (χ1v) is 5.60. The van der Waals surface area contributed by atoms with Gasteiger partial charge in [0.1, 0.15) is 6.04 Å². The molecule has 17 heavy (non-hydrogen) atoms. The predicted octanol–water partition coefficient (Wildman–Crippen LogP) is 1.76. The number of nitrogen functional groups attached to an aromatic ring is 2. The molecule has 5 nitrogen and oxygen atoms in total. The normalized spacial score (nSPS) is 14.0. The summed E-state index contributed by atoms with van der Waals surface area (Å²) in [7, 11) is 0. The molecule has 0 bridgehead atoms. The first-order valence-electron chi connectivity index (χ1n) is 5.60. The van der Waals surface area contributed by atoms with Gasteiger partial charge >= 0.3 is 5.97 Å². The van der Waals surface area contributed by atoms with Crippen molar-refractivity contribution in [1.29, 1.82) is 0 Å². The van der Waals surface area contributed by atoms with Crippen molar-refractivity contribution in [3.63, 3.8) is 0 Å². The van der Waals surface area contributed by atoms with Crippen LogP contribution in [0.4, 0.5) is 17.1 Å². The molecule has 94 valence electrons. The van der Waals surface area contributed by atoms with Gasteiger partial charge in [0.05, 0.1) is 11.4 Å². The van der Waals surface area contributed by atoms with E-state index in [-0.39, 0.29) is 5.92 Å². The number of rotatable bonds is 5. The summed E-state index contributed by atoms with van der Waals surface area (Å²) in [6.07, 6.45) is 0.777. The van der Waals surface area contributed by atoms with Crippen LogP contribution in [0, 0.1) is 5.92 Å². The Kier molecular flexibility index (Phi) is 4.20. The molecule has 1 aromatic rings. The minimum absolute atomic E-state index is 0.0180. The SMILES string of the molecule is CC[C@H](C)[C@@H](Nc1ccc(N)cc1N)C(=O)O. The number of nitrogens with one attached hydrogen (secondary N) is 1. The second-order valence-electron chi connectivity index (χ2n) is 4.19. The van der Waals surface area contributed by atoms with Gasteiger partial charge in [-0.15, -0.1) is 0 Å². The molecule has 0 saturated carbocycles. The number of carbonyl (C=O) groups is 1. The minimum atomic E-state index is -0.879. The fourth-order valence-corrected chi connectivity index (χ4v) is 1.56. The van der Waals surface area contributed by atoms with E-state index < -0.39 is 12.0 Å². The molecule has 0 aliphatic heterocycles. The Morgan fingerprint density at radius 2 is 2.12 bits per heavy atom. The predicted molar refractivity (Wildman–Crippen MR) is 69.8 cm³/mol. The molecule has 6 N–H and O–H groups in total. The third-order valence-corrected chi connectivity index (χ3v) is 2.87. The number of aliphatic carboxylic acids is 1. The molecule has 0 fully saturated rings. The second kappa shape index (κ2) is 5.43. The number of carboxylic acid groups (broad SMARTS) is 1. The van der Waals surface area contributed by atoms with Gasteiger partial charge < -0.3 is 21.9 Å². The van der Waals surface area contributed by atoms with Crippen LogP contribution < -0.4 is 16.8 Å². The van der Waals surface area contributed by atoms with Crippen molar-refractivity contribution < 1.29 is 9.90 Å². The zero-order chi connectivity index (χ0) is 13.0. The first-order chi connectivity index (χ1) is 7.95. The molecule has 0 unspecified atom stereocenters. The summed E-state index contributed by atoms with van der Waals surface area (Å²) in [5.41, 5.74) is 13.0. The van der Waals surface area contributed by atoms with Crippen LogP contribution in [0.5, 0.6) is 0 Å². The summed E-state index contributed by atoms with van der Waals surface area (Å²) >= 11 is 0. The summed E-state index contributed by atoms with van der Waals surface area (Å²) in [5, 5.41) is 12.1. The van der Waals surface area contributed by atoms with Crippen molar-refractivity contribution in [2.75, 3.05) is 16.8 Å². The maximum absolute atomic E-state index is 11.2. The van der Waals surface area contributed by atoms with E-state index in [1.165, 1.54) is 0 Å². The minimum Gasteiger partial charge on any atom is -0.480 e. The Morgan fingerprint density at radius 1 is 1.47 bits per heavy atom. The van der Waals surface area contributed by atoms with Gasteiger partial charge in [-0.3, -0.25) is 0 Å². The van der Waals surface area contributed by atoms with Crippen LogP contribution in [0.2, 0.25) is 0 Å². The molecule has 0 saturated heterocycles. The summed E-state index contributed by atoms with van der Waals surface area (Å²) in [4.78, 5) is 11.2. The highest BCUT2D eigenvalue weighted by Crippen LogP contribution is 2.23. The van der Waals surface area contributed by atoms with Gasteiger partial charge in [-0.25, -0.2) is 4.79 Å². The molecule has 0 spiro atoms. The number of nitrogens with two attached hydrogens (primary N) is 2. The lowest BCUT2D eigenvalue weighted by molar-refractivity contribution is -0.139. The van der Waals surface area contributed by atoms with E-state index >= 15 is 0 Å². The van der Waals surface area contributed by atoms with Crippen LogP contribution in [0.25, 0.3) is 0 Å². The standard InChI is InChI=1S/C12H19N3O2/c1-3-7(2)11(12(16)17)15-10-5-4-8(13)6-9(10)14/h4-7,11,15H,3,13-14H2,1-2H3,(H,16,17)/t7-,11+/m0/s1. The van der Waals surface area contributed by atoms with Crippen molar-refractivity contribution in [3.8, 4) is 0 Å². The molecule has 0 radical (unpaired) electrons. The number of anilines is 3. The van der Waals surface area contributed by atoms with Crippen molar-refractivity contribution >= 4 is 23.0 Å². The van der Waals surface area contributed by atoms with Gasteiger partial charge in [0.2, 0.25) is 0 Å². The average molecular weight is 237 g/mol. The summed E-state index contributed by atoms with van der Waals surface area (Å²) in [6.45, 7) is 3.84. The maximum atomic E-state index is 11.2. The summed E-state index contributed by atoms with van der Waals surface area (Å²) in [5.74, 6) is -0.861. The van der Waals surface area contributed by atoms with E-state index in [1.807, 2.05) is 13.8 Å². The Labute approximate surface area is 101 Å². The van der Waals surface area contributed by atoms with Crippen LogP contribution in [-0.2, 0) is 4.79 Å². The Morgan fingerprint density at radius 3 is 2.59 bits per heavy atom. The van der Waals surface area contributed by atoms with E-state index in [9.17, 15) is 4.79 Å². The Hall–Kier alpha value is -1.91. The van der Waals surface area contributed by atoms with Crippen molar-refractivity contribution in [1.82, 2.24) is 0 Å². The zero-order valence-electron chi connectivity index (χ0n) is 10.1. The molecule has 0 aliphatic rings. The highest BCUT2D eigenvalue weighted by atomic mass is 16.4. The van der Waals surface area contributed by atoms with Crippen LogP contribution >= 0.6 is 0 Å². The first kappa shape index (κ1) is 13.2. The third-order valence-electron chi connectivity index (χ3n) is 2.87. The van der Waals surface area contributed by atoms with Gasteiger partial charge in [-0.1, -0.05) is 20.3 Å². The number of carboxylic acids is 1. The van der Waals surface area contributed by atoms with Gasteiger partial charge in [0, 0.05) is 5.69 Å². The van der Waals surface area contributed by atoms with E-state index in [2.05, 4.69) is 5.32 Å². The molecule has 0 amide bonds. The second-order valence-corrected chi connectivity index (χ2v) is 4.19. The van der Waals surface area contributed by atoms with E-state index in [0.717, 1.165) is 6.42 Å². The summed E-state index contributed by atoms with van der Waals surface area (Å²) in [6, 6.07) is 4.35. The fourth-order valence-electron chi connectivity index (χ4n) is 1.56. The lowest BCUT2D eigenvalue weighted by Gasteiger charge is -2.22. The average Bonchev–Trinajstić information content (AvgIpc) is 2.26. The lowest BCUT2D eigenvalue weighted by atomic mass is 9.99. The van der Waals surface area contributed by atoms with E-state index in [4.69, 9.17) is 16.6 Å². The van der Waals surface area contributed by atoms with E-state index in [0.29, 0.717) is 17.1 Å². The Bertz CT molecular complexity index is 407. The van der Waals surface area contributed by atoms with Crippen LogP contribution in [0.3, 0.4) is 0 Å². The number of benzene rings is 1. The molecule has 0 aliphatic carbocycles. The zero-order valence-corrected chi connectivity index (χ0v) is 10.1. The molecular weight excluding hydrogens is 218 g/mol. The molecule has 1 rings (SSSR count). The summed E-state index contributed by atoms with van der Waals surface area (Å²) < 4.78 is 0. The number of hydrogen-bond acceptors (Lipinski definition) is 4. The topological polar surface area (TPSA) is 101 Å². The van der Waals surface area contributed by atoms with Gasteiger partial charge in [-0.05, 0) is 24.1 Å². The monoisotopic (exact) mass is 237 g/mol. The molecular formula is C12H19N3O2. The Balaban J connectivity index is 2.90. The highest BCUT2D eigenvalue weighted by molar-refractivity contribution is 5.81. The largest absolute Gasteiger partial charge is 0.480 e. The lowest BCUT2D eigenvalue weighted by Crippen LogP contribution is -2.35. The van der Waals surface area contributed by atoms with Crippen LogP contribution in [-0.4, -0.2) is 17.1 Å². The molecule has 1 aromatic carbocycles. The molecule has 0 heterocycles. The quantitative estimate of drug-likeness (QED) is 0.584. The highest BCUT2D eigenvalue weighted by Gasteiger charge is 2.23. The number of hydrogen-bond donors (Lipinski definition) is 4. The molecule has 0 aromatic heterocycles. The molecule has 2 atom stereocenters. The van der Waals surface area contributed by atoms with Crippen molar-refractivity contribution in [2.24, 2.45) is 5.92 Å². The maximum Gasteiger partial charge on any atom is 0.326 e. The fraction of sp³-hybridized carbons (Fsp3) is 0.417. The van der Waals surface area contributed by atoms with Gasteiger partial charge in [0.15, 0.2) is 0 Å². The van der Waals surface area contributed by atoms with Crippen molar-refractivity contribution in [2.45, 2.75) is 26.3 Å². The van der Waals surface area contributed by atoms with E-state index in [1.54, 1.807) is 18.2 Å². The third kappa shape index (κ3) is 3.27. The van der Waals surface area contributed by atoms with Crippen LogP contribution in [0.1, 0.15) is 20.3 Å². The van der Waals surface area contributed by atoms with Gasteiger partial charge in [-0.2, -0.15) is 0 Å².